The van der Waals surface area contributed by atoms with Crippen LogP contribution in [0.15, 0.2) is 29.3 Å². The number of hydrogen-bond donors (Lipinski definition) is 0. The van der Waals surface area contributed by atoms with E-state index in [9.17, 15) is 9.18 Å². The van der Waals surface area contributed by atoms with E-state index in [0.717, 1.165) is 25.1 Å². The number of aromatic nitrogens is 7. The number of rotatable bonds is 6. The zero-order valence-electron chi connectivity index (χ0n) is 20.8. The normalized spacial score (nSPS) is 19.7. The molecule has 4 aromatic rings. The topological polar surface area (TPSA) is 113 Å². The molecule has 1 fully saturated rings. The number of aryl methyl sites for hydroxylation is 1. The van der Waals surface area contributed by atoms with E-state index in [0.29, 0.717) is 23.8 Å². The van der Waals surface area contributed by atoms with Crippen molar-refractivity contribution in [2.75, 3.05) is 18.0 Å². The molecule has 0 spiro atoms. The summed E-state index contributed by atoms with van der Waals surface area (Å²) in [6.07, 6.45) is 4.77. The fraction of sp³-hybridized carbons (Fsp3) is 0.500. The van der Waals surface area contributed by atoms with E-state index in [2.05, 4.69) is 56.8 Å². The molecule has 3 atom stereocenters. The monoisotopic (exact) mass is 492 g/mol. The summed E-state index contributed by atoms with van der Waals surface area (Å²) in [6.45, 7) is 7.70. The van der Waals surface area contributed by atoms with Gasteiger partial charge in [0.05, 0.1) is 30.1 Å². The molecule has 0 N–H and O–H groups in total. The maximum atomic E-state index is 14.1. The number of piperazine rings is 1. The summed E-state index contributed by atoms with van der Waals surface area (Å²) >= 11 is 0. The molecule has 36 heavy (non-hydrogen) atoms. The minimum Gasteiger partial charge on any atom is -0.335 e. The Morgan fingerprint density at radius 2 is 2.00 bits per heavy atom. The van der Waals surface area contributed by atoms with Gasteiger partial charge in [0, 0.05) is 50.5 Å². The molecule has 0 bridgehead atoms. The first kappa shape index (κ1) is 23.9. The molecule has 4 aromatic heterocycles. The van der Waals surface area contributed by atoms with Crippen molar-refractivity contribution in [3.8, 4) is 6.07 Å². The highest BCUT2D eigenvalue weighted by Gasteiger charge is 2.37. The van der Waals surface area contributed by atoms with Gasteiger partial charge in [-0.3, -0.25) is 9.47 Å². The van der Waals surface area contributed by atoms with Gasteiger partial charge in [0.2, 0.25) is 5.95 Å². The zero-order valence-corrected chi connectivity index (χ0v) is 20.8. The lowest BCUT2D eigenvalue weighted by Gasteiger charge is -2.48. The van der Waals surface area contributed by atoms with Crippen molar-refractivity contribution in [2.24, 2.45) is 7.05 Å². The number of halogens is 1. The van der Waals surface area contributed by atoms with Crippen molar-refractivity contribution >= 4 is 17.2 Å². The molecule has 0 amide bonds. The first-order chi connectivity index (χ1) is 17.4. The molecule has 0 aliphatic carbocycles. The highest BCUT2D eigenvalue weighted by atomic mass is 19.1. The van der Waals surface area contributed by atoms with Crippen LogP contribution in [0.25, 0.3) is 11.3 Å². The van der Waals surface area contributed by atoms with Crippen molar-refractivity contribution in [3.63, 3.8) is 0 Å². The van der Waals surface area contributed by atoms with Crippen molar-refractivity contribution in [2.45, 2.75) is 58.2 Å². The SMILES string of the molecule is CC[C@H]1CN(C(C)c2ccn3ncc(F)c3n2)[C@H](CC)CN1c1nc(=O)n(C)c2cc(CC#N)nn12. The van der Waals surface area contributed by atoms with Crippen molar-refractivity contribution in [1.29, 1.82) is 5.26 Å². The molecule has 188 valence electrons. The van der Waals surface area contributed by atoms with Crippen LogP contribution in [0, 0.1) is 17.1 Å². The second-order valence-electron chi connectivity index (χ2n) is 9.26. The third-order valence-corrected chi connectivity index (χ3v) is 7.23. The van der Waals surface area contributed by atoms with Crippen LogP contribution in [0.4, 0.5) is 10.3 Å². The Bertz CT molecular complexity index is 1520. The second kappa shape index (κ2) is 9.31. The van der Waals surface area contributed by atoms with Gasteiger partial charge in [0.25, 0.3) is 0 Å². The predicted molar refractivity (Wildman–Crippen MR) is 131 cm³/mol. The summed E-state index contributed by atoms with van der Waals surface area (Å²) < 4.78 is 18.7. The van der Waals surface area contributed by atoms with Crippen LogP contribution >= 0.6 is 0 Å². The lowest BCUT2D eigenvalue weighted by atomic mass is 9.99. The molecule has 1 saturated heterocycles. The molecule has 11 nitrogen and oxygen atoms in total. The first-order valence-corrected chi connectivity index (χ1v) is 12.2. The average Bonchev–Trinajstić information content (AvgIpc) is 3.48. The molecule has 0 radical (unpaired) electrons. The molecule has 1 aliphatic rings. The Labute approximate surface area is 207 Å². The Hall–Kier alpha value is -3.85. The quantitative estimate of drug-likeness (QED) is 0.402. The van der Waals surface area contributed by atoms with Crippen LogP contribution in [0.1, 0.15) is 51.0 Å². The van der Waals surface area contributed by atoms with Gasteiger partial charge in [-0.15, -0.1) is 0 Å². The molecule has 1 aliphatic heterocycles. The molecular weight excluding hydrogens is 463 g/mol. The van der Waals surface area contributed by atoms with E-state index in [4.69, 9.17) is 5.26 Å². The summed E-state index contributed by atoms with van der Waals surface area (Å²) in [6, 6.07) is 5.94. The number of nitriles is 1. The minimum absolute atomic E-state index is 0.0472. The van der Waals surface area contributed by atoms with Crippen molar-refractivity contribution in [1.82, 2.24) is 38.7 Å². The van der Waals surface area contributed by atoms with E-state index in [1.165, 1.54) is 15.3 Å². The van der Waals surface area contributed by atoms with Crippen LogP contribution < -0.4 is 10.6 Å². The molecule has 5 rings (SSSR count). The van der Waals surface area contributed by atoms with Crippen LogP contribution in [0.5, 0.6) is 0 Å². The van der Waals surface area contributed by atoms with E-state index >= 15 is 0 Å². The minimum atomic E-state index is -0.442. The standard InChI is InChI=1S/C24H29FN10O/c1-5-17-14-33(23-29-24(36)31(4)21-11-16(7-9-26)30-35(21)23)18(6-2)13-32(17)15(3)20-8-10-34-22(28-20)19(25)12-27-34/h8,10-12,15,17-18H,5-7,13-14H2,1-4H3/t15?,17-,18+/m1/s1. The van der Waals surface area contributed by atoms with Crippen LogP contribution in [-0.4, -0.2) is 63.8 Å². The maximum absolute atomic E-state index is 14.1. The van der Waals surface area contributed by atoms with Gasteiger partial charge >= 0.3 is 5.69 Å². The molecule has 5 heterocycles. The van der Waals surface area contributed by atoms with Crippen molar-refractivity contribution in [3.05, 3.63) is 52.2 Å². The lowest BCUT2D eigenvalue weighted by Crippen LogP contribution is -2.59. The fourth-order valence-electron chi connectivity index (χ4n) is 5.13. The second-order valence-corrected chi connectivity index (χ2v) is 9.26. The maximum Gasteiger partial charge on any atom is 0.352 e. The largest absolute Gasteiger partial charge is 0.352 e. The Morgan fingerprint density at radius 3 is 2.72 bits per heavy atom. The van der Waals surface area contributed by atoms with Crippen LogP contribution in [-0.2, 0) is 13.5 Å². The summed E-state index contributed by atoms with van der Waals surface area (Å²) in [5.41, 5.74) is 1.85. The van der Waals surface area contributed by atoms with Gasteiger partial charge in [0.1, 0.15) is 5.65 Å². The highest BCUT2D eigenvalue weighted by molar-refractivity contribution is 5.48. The van der Waals surface area contributed by atoms with Crippen LogP contribution in [0.2, 0.25) is 0 Å². The first-order valence-electron chi connectivity index (χ1n) is 12.2. The van der Waals surface area contributed by atoms with Gasteiger partial charge < -0.3 is 4.90 Å². The van der Waals surface area contributed by atoms with Gasteiger partial charge in [-0.25, -0.2) is 18.7 Å². The number of hydrogen-bond acceptors (Lipinski definition) is 8. The summed E-state index contributed by atoms with van der Waals surface area (Å²) in [5, 5.41) is 17.7. The third-order valence-electron chi connectivity index (χ3n) is 7.23. The smallest absolute Gasteiger partial charge is 0.335 e. The molecule has 12 heteroatoms. The number of nitrogens with zero attached hydrogens (tertiary/aromatic N) is 10. The zero-order chi connectivity index (χ0) is 25.6. The third kappa shape index (κ3) is 3.89. The fourth-order valence-corrected chi connectivity index (χ4v) is 5.13. The van der Waals surface area contributed by atoms with E-state index < -0.39 is 5.82 Å². The van der Waals surface area contributed by atoms with Crippen LogP contribution in [0.3, 0.4) is 0 Å². The van der Waals surface area contributed by atoms with Gasteiger partial charge in [0.15, 0.2) is 11.5 Å². The van der Waals surface area contributed by atoms with Gasteiger partial charge in [-0.1, -0.05) is 13.8 Å². The average molecular weight is 493 g/mol. The predicted octanol–water partition coefficient (Wildman–Crippen LogP) is 2.12. The van der Waals surface area contributed by atoms with Gasteiger partial charge in [-0.2, -0.15) is 25.0 Å². The molecule has 1 unspecified atom stereocenters. The number of fused-ring (bicyclic) bond motifs is 2. The summed E-state index contributed by atoms with van der Waals surface area (Å²) in [7, 11) is 1.66. The summed E-state index contributed by atoms with van der Waals surface area (Å²) in [5.74, 6) is 0.0545. The highest BCUT2D eigenvalue weighted by Crippen LogP contribution is 2.31. The molecule has 0 aromatic carbocycles. The summed E-state index contributed by atoms with van der Waals surface area (Å²) in [4.78, 5) is 26.3. The Balaban J connectivity index is 1.51. The number of anilines is 1. The van der Waals surface area contributed by atoms with E-state index in [1.54, 1.807) is 23.8 Å². The van der Waals surface area contributed by atoms with E-state index in [1.807, 2.05) is 6.07 Å². The Kier molecular flexibility index (Phi) is 6.17. The molecule has 0 saturated carbocycles. The van der Waals surface area contributed by atoms with Crippen molar-refractivity contribution < 1.29 is 4.39 Å². The Morgan fingerprint density at radius 1 is 1.22 bits per heavy atom. The van der Waals surface area contributed by atoms with E-state index in [-0.39, 0.29) is 35.9 Å². The molecular formula is C24H29FN10O. The lowest BCUT2D eigenvalue weighted by molar-refractivity contribution is 0.0979. The van der Waals surface area contributed by atoms with Gasteiger partial charge in [-0.05, 0) is 25.8 Å².